The van der Waals surface area contributed by atoms with Crippen molar-refractivity contribution >= 4 is 9.24 Å². The van der Waals surface area contributed by atoms with Crippen molar-refractivity contribution in [3.63, 3.8) is 0 Å². The lowest BCUT2D eigenvalue weighted by Gasteiger charge is -2.14. The van der Waals surface area contributed by atoms with E-state index < -0.39 is 0 Å². The largest absolute Gasteiger partial charge is 0.113 e. The van der Waals surface area contributed by atoms with Gasteiger partial charge in [0, 0.05) is 0 Å². The molecule has 0 bridgehead atoms. The topological polar surface area (TPSA) is 0 Å². The Labute approximate surface area is 84.0 Å². The Morgan fingerprint density at radius 1 is 1.38 bits per heavy atom. The number of hydrogen-bond donors (Lipinski definition) is 0. The van der Waals surface area contributed by atoms with Crippen molar-refractivity contribution in [2.24, 2.45) is 5.92 Å². The fourth-order valence-electron chi connectivity index (χ4n) is 1.28. The first-order chi connectivity index (χ1) is 6.24. The molecule has 1 saturated carbocycles. The molecule has 1 unspecified atom stereocenters. The molecule has 0 aromatic carbocycles. The normalized spacial score (nSPS) is 18.2. The summed E-state index contributed by atoms with van der Waals surface area (Å²) in [7, 11) is 2.67. The van der Waals surface area contributed by atoms with Crippen molar-refractivity contribution in [2.75, 3.05) is 0 Å². The first-order valence-corrected chi connectivity index (χ1v) is 5.68. The first kappa shape index (κ1) is 10.7. The molecule has 1 atom stereocenters. The van der Waals surface area contributed by atoms with Gasteiger partial charge in [-0.1, -0.05) is 43.5 Å². The van der Waals surface area contributed by atoms with E-state index in [-0.39, 0.29) is 0 Å². The van der Waals surface area contributed by atoms with Gasteiger partial charge < -0.3 is 0 Å². The van der Waals surface area contributed by atoms with Crippen LogP contribution in [0.1, 0.15) is 33.1 Å². The molecule has 0 aliphatic heterocycles. The molecule has 0 saturated heterocycles. The molecular formula is C12H19P. The predicted molar refractivity (Wildman–Crippen MR) is 63.7 cm³/mol. The van der Waals surface area contributed by atoms with E-state index in [4.69, 9.17) is 0 Å². The average Bonchev–Trinajstić information content (AvgIpc) is 2.00. The van der Waals surface area contributed by atoms with Crippen LogP contribution in [0.15, 0.2) is 35.2 Å². The standard InChI is InChI=1S/C12H19P/c1-10(2)12(9-13)8-4-7-11-5-3-6-11/h4,7-10H,3,5-6,13H2,1-2H3/b8-4-,12-9+. The van der Waals surface area contributed by atoms with Gasteiger partial charge in [0.05, 0.1) is 0 Å². The van der Waals surface area contributed by atoms with Gasteiger partial charge in [-0.05, 0) is 30.8 Å². The fourth-order valence-corrected chi connectivity index (χ4v) is 1.78. The van der Waals surface area contributed by atoms with E-state index in [9.17, 15) is 0 Å². The van der Waals surface area contributed by atoms with Crippen LogP contribution in [0.25, 0.3) is 0 Å². The molecule has 1 rings (SSSR count). The van der Waals surface area contributed by atoms with E-state index >= 15 is 0 Å². The zero-order valence-electron chi connectivity index (χ0n) is 8.59. The summed E-state index contributed by atoms with van der Waals surface area (Å²) >= 11 is 0. The predicted octanol–water partition coefficient (Wildman–Crippen LogP) is 4.07. The second-order valence-electron chi connectivity index (χ2n) is 3.86. The van der Waals surface area contributed by atoms with Gasteiger partial charge in [0.1, 0.15) is 0 Å². The second kappa shape index (κ2) is 5.40. The smallest absolute Gasteiger partial charge is 0.0219 e. The van der Waals surface area contributed by atoms with Crippen molar-refractivity contribution in [1.29, 1.82) is 0 Å². The van der Waals surface area contributed by atoms with Crippen LogP contribution in [0, 0.1) is 5.92 Å². The minimum Gasteiger partial charge on any atom is -0.113 e. The average molecular weight is 194 g/mol. The van der Waals surface area contributed by atoms with Crippen LogP contribution in [0.5, 0.6) is 0 Å². The van der Waals surface area contributed by atoms with Crippen LogP contribution in [-0.4, -0.2) is 0 Å². The maximum Gasteiger partial charge on any atom is -0.0219 e. The highest BCUT2D eigenvalue weighted by Gasteiger charge is 2.05. The Balaban J connectivity index is 2.45. The molecule has 1 aliphatic rings. The molecule has 0 nitrogen and oxygen atoms in total. The maximum atomic E-state index is 2.67. The zero-order valence-corrected chi connectivity index (χ0v) is 9.74. The number of hydrogen-bond acceptors (Lipinski definition) is 0. The zero-order chi connectivity index (χ0) is 9.68. The lowest BCUT2D eigenvalue weighted by Crippen LogP contribution is -1.95. The molecule has 1 heteroatoms. The Bertz CT molecular complexity index is 238. The van der Waals surface area contributed by atoms with E-state index in [0.29, 0.717) is 5.92 Å². The van der Waals surface area contributed by atoms with Crippen molar-refractivity contribution in [2.45, 2.75) is 33.1 Å². The minimum absolute atomic E-state index is 0.619. The molecule has 13 heavy (non-hydrogen) atoms. The third-order valence-electron chi connectivity index (χ3n) is 2.48. The van der Waals surface area contributed by atoms with E-state index in [1.165, 1.54) is 24.8 Å². The summed E-state index contributed by atoms with van der Waals surface area (Å²) in [6, 6.07) is 0. The lowest BCUT2D eigenvalue weighted by molar-refractivity contribution is 0.663. The minimum atomic E-state index is 0.619. The van der Waals surface area contributed by atoms with Gasteiger partial charge in [0.2, 0.25) is 0 Å². The molecule has 0 aromatic rings. The summed E-state index contributed by atoms with van der Waals surface area (Å²) in [6.45, 7) is 4.44. The molecule has 0 heterocycles. The van der Waals surface area contributed by atoms with Crippen LogP contribution >= 0.6 is 9.24 Å². The quantitative estimate of drug-likeness (QED) is 0.469. The van der Waals surface area contributed by atoms with Gasteiger partial charge in [-0.25, -0.2) is 0 Å². The van der Waals surface area contributed by atoms with Crippen LogP contribution in [0.3, 0.4) is 0 Å². The summed E-state index contributed by atoms with van der Waals surface area (Å²) in [5, 5.41) is 0. The molecule has 0 aromatic heterocycles. The van der Waals surface area contributed by atoms with Crippen LogP contribution < -0.4 is 0 Å². The van der Waals surface area contributed by atoms with E-state index in [1.54, 1.807) is 5.57 Å². The highest BCUT2D eigenvalue weighted by Crippen LogP contribution is 2.25. The molecule has 72 valence electrons. The van der Waals surface area contributed by atoms with E-state index in [1.807, 2.05) is 0 Å². The van der Waals surface area contributed by atoms with Crippen LogP contribution in [0.2, 0.25) is 0 Å². The highest BCUT2D eigenvalue weighted by atomic mass is 31.0. The van der Waals surface area contributed by atoms with E-state index in [2.05, 4.69) is 47.1 Å². The second-order valence-corrected chi connectivity index (χ2v) is 4.19. The molecule has 0 N–H and O–H groups in total. The highest BCUT2D eigenvalue weighted by molar-refractivity contribution is 7.20. The van der Waals surface area contributed by atoms with Crippen LogP contribution in [-0.2, 0) is 0 Å². The number of rotatable bonds is 3. The Kier molecular flexibility index (Phi) is 4.45. The number of allylic oxidation sites excluding steroid dienone is 5. The Morgan fingerprint density at radius 2 is 2.08 bits per heavy atom. The van der Waals surface area contributed by atoms with Crippen molar-refractivity contribution in [3.8, 4) is 0 Å². The molecular weight excluding hydrogens is 175 g/mol. The monoisotopic (exact) mass is 194 g/mol. The van der Waals surface area contributed by atoms with Gasteiger partial charge in [-0.15, -0.1) is 9.24 Å². The van der Waals surface area contributed by atoms with Crippen molar-refractivity contribution in [1.82, 2.24) is 0 Å². The fraction of sp³-hybridized carbons (Fsp3) is 0.500. The third kappa shape index (κ3) is 3.48. The SMILES string of the molecule is CC(C)C(/C=C\C=C1CCC1)=C/P. The Hall–Kier alpha value is -0.350. The molecule has 1 aliphatic carbocycles. The van der Waals surface area contributed by atoms with Gasteiger partial charge in [0.15, 0.2) is 0 Å². The summed E-state index contributed by atoms with van der Waals surface area (Å²) < 4.78 is 0. The van der Waals surface area contributed by atoms with Crippen LogP contribution in [0.4, 0.5) is 0 Å². The maximum absolute atomic E-state index is 2.67. The summed E-state index contributed by atoms with van der Waals surface area (Å²) in [5.41, 5.74) is 2.99. The third-order valence-corrected chi connectivity index (χ3v) is 2.86. The van der Waals surface area contributed by atoms with E-state index in [0.717, 1.165) is 0 Å². The van der Waals surface area contributed by atoms with Gasteiger partial charge in [-0.3, -0.25) is 0 Å². The summed E-state index contributed by atoms with van der Waals surface area (Å²) in [6.07, 6.45) is 10.7. The van der Waals surface area contributed by atoms with Crippen molar-refractivity contribution < 1.29 is 0 Å². The van der Waals surface area contributed by atoms with Gasteiger partial charge >= 0.3 is 0 Å². The molecule has 0 amide bonds. The first-order valence-electron chi connectivity index (χ1n) is 5.02. The molecule has 0 radical (unpaired) electrons. The molecule has 1 fully saturated rings. The summed E-state index contributed by atoms with van der Waals surface area (Å²) in [5.74, 6) is 2.73. The lowest BCUT2D eigenvalue weighted by atomic mass is 9.92. The van der Waals surface area contributed by atoms with Gasteiger partial charge in [-0.2, -0.15) is 0 Å². The summed E-state index contributed by atoms with van der Waals surface area (Å²) in [4.78, 5) is 0. The Morgan fingerprint density at radius 3 is 2.46 bits per heavy atom. The molecule has 0 spiro atoms. The van der Waals surface area contributed by atoms with Gasteiger partial charge in [0.25, 0.3) is 0 Å². The van der Waals surface area contributed by atoms with Crippen molar-refractivity contribution in [3.05, 3.63) is 35.2 Å².